The number of amides is 1. The molecule has 0 spiro atoms. The summed E-state index contributed by atoms with van der Waals surface area (Å²) in [6.45, 7) is 1.47. The van der Waals surface area contributed by atoms with Gasteiger partial charge in [0.1, 0.15) is 0 Å². The van der Waals surface area contributed by atoms with Gasteiger partial charge in [-0.05, 0) is 66.0 Å². The van der Waals surface area contributed by atoms with Gasteiger partial charge in [-0.15, -0.1) is 0 Å². The number of hydrogen-bond donors (Lipinski definition) is 1. The molecule has 0 saturated heterocycles. The first-order valence-electron chi connectivity index (χ1n) is 9.16. The Kier molecular flexibility index (Phi) is 4.48. The second-order valence-electron chi connectivity index (χ2n) is 7.35. The van der Waals surface area contributed by atoms with E-state index in [4.69, 9.17) is 0 Å². The van der Waals surface area contributed by atoms with Crippen molar-refractivity contribution in [2.45, 2.75) is 25.9 Å². The number of rotatable bonds is 5. The molecule has 0 heterocycles. The van der Waals surface area contributed by atoms with Crippen molar-refractivity contribution in [3.05, 3.63) is 82.4 Å². The molecule has 0 bridgehead atoms. The molecule has 3 heteroatoms. The molecule has 3 aromatic carbocycles. The summed E-state index contributed by atoms with van der Waals surface area (Å²) in [4.78, 5) is 14.9. The number of aryl methyl sites for hydroxylation is 2. The van der Waals surface area contributed by atoms with Gasteiger partial charge in [0.05, 0.1) is 0 Å². The molecule has 1 aliphatic carbocycles. The van der Waals surface area contributed by atoms with E-state index in [2.05, 4.69) is 72.8 Å². The molecule has 0 fully saturated rings. The Balaban J connectivity index is 1.50. The zero-order valence-corrected chi connectivity index (χ0v) is 15.4. The van der Waals surface area contributed by atoms with Crippen LogP contribution in [0.2, 0.25) is 0 Å². The highest BCUT2D eigenvalue weighted by Gasteiger charge is 2.18. The number of benzene rings is 3. The number of nitrogens with one attached hydrogen (secondary N) is 1. The fourth-order valence-corrected chi connectivity index (χ4v) is 3.85. The summed E-state index contributed by atoms with van der Waals surface area (Å²) >= 11 is 0. The van der Waals surface area contributed by atoms with Crippen LogP contribution in [0.25, 0.3) is 10.8 Å². The van der Waals surface area contributed by atoms with Crippen LogP contribution < -0.4 is 5.32 Å². The molecule has 1 aliphatic rings. The lowest BCUT2D eigenvalue weighted by Gasteiger charge is -2.11. The SMILES string of the molecule is CN(C)Cc1ccc(CNC(=O)c2ccc3c4c(cccc24)CC3)cc1. The minimum atomic E-state index is -0.00188. The molecule has 132 valence electrons. The molecule has 0 atom stereocenters. The molecular formula is C23H24N2O. The lowest BCUT2D eigenvalue weighted by atomic mass is 9.99. The average molecular weight is 344 g/mol. The van der Waals surface area contributed by atoms with Crippen molar-refractivity contribution in [3.8, 4) is 0 Å². The second-order valence-corrected chi connectivity index (χ2v) is 7.35. The minimum Gasteiger partial charge on any atom is -0.348 e. The summed E-state index contributed by atoms with van der Waals surface area (Å²) in [5, 5.41) is 5.44. The van der Waals surface area contributed by atoms with Crippen LogP contribution in [0.5, 0.6) is 0 Å². The number of nitrogens with zero attached hydrogens (tertiary/aromatic N) is 1. The highest BCUT2D eigenvalue weighted by molar-refractivity contribution is 6.09. The van der Waals surface area contributed by atoms with Crippen molar-refractivity contribution in [2.24, 2.45) is 0 Å². The Labute approximate surface area is 154 Å². The monoisotopic (exact) mass is 344 g/mol. The molecule has 0 aromatic heterocycles. The summed E-state index contributed by atoms with van der Waals surface area (Å²) in [6, 6.07) is 18.8. The number of carbonyl (C=O) groups excluding carboxylic acids is 1. The van der Waals surface area contributed by atoms with Crippen LogP contribution in [0.15, 0.2) is 54.6 Å². The summed E-state index contributed by atoms with van der Waals surface area (Å²) in [6.07, 6.45) is 2.16. The van der Waals surface area contributed by atoms with Crippen LogP contribution in [0.4, 0.5) is 0 Å². The fraction of sp³-hybridized carbons (Fsp3) is 0.261. The third-order valence-electron chi connectivity index (χ3n) is 5.10. The molecule has 1 amide bonds. The van der Waals surface area contributed by atoms with Crippen molar-refractivity contribution in [1.82, 2.24) is 10.2 Å². The Morgan fingerprint density at radius 3 is 2.35 bits per heavy atom. The minimum absolute atomic E-state index is 0.00188. The van der Waals surface area contributed by atoms with Crippen LogP contribution in [0.1, 0.15) is 32.6 Å². The topological polar surface area (TPSA) is 32.3 Å². The third kappa shape index (κ3) is 3.23. The first-order valence-corrected chi connectivity index (χ1v) is 9.16. The molecule has 0 radical (unpaired) electrons. The quantitative estimate of drug-likeness (QED) is 0.761. The van der Waals surface area contributed by atoms with E-state index in [1.807, 2.05) is 6.07 Å². The van der Waals surface area contributed by atoms with E-state index in [0.29, 0.717) is 6.54 Å². The summed E-state index contributed by atoms with van der Waals surface area (Å²) in [5.41, 5.74) is 5.90. The van der Waals surface area contributed by atoms with Gasteiger partial charge < -0.3 is 10.2 Å². The Morgan fingerprint density at radius 2 is 1.62 bits per heavy atom. The summed E-state index contributed by atoms with van der Waals surface area (Å²) in [7, 11) is 4.12. The average Bonchev–Trinajstić information content (AvgIpc) is 3.06. The summed E-state index contributed by atoms with van der Waals surface area (Å²) < 4.78 is 0. The lowest BCUT2D eigenvalue weighted by Crippen LogP contribution is -2.23. The highest BCUT2D eigenvalue weighted by Crippen LogP contribution is 2.32. The molecular weight excluding hydrogens is 320 g/mol. The van der Waals surface area contributed by atoms with Gasteiger partial charge in [0.15, 0.2) is 0 Å². The largest absolute Gasteiger partial charge is 0.348 e. The van der Waals surface area contributed by atoms with Crippen LogP contribution in [-0.2, 0) is 25.9 Å². The Hall–Kier alpha value is -2.65. The predicted octanol–water partition coefficient (Wildman–Crippen LogP) is 3.93. The van der Waals surface area contributed by atoms with Crippen LogP contribution >= 0.6 is 0 Å². The maximum Gasteiger partial charge on any atom is 0.252 e. The highest BCUT2D eigenvalue weighted by atomic mass is 16.1. The molecule has 4 rings (SSSR count). The van der Waals surface area contributed by atoms with Gasteiger partial charge in [0.25, 0.3) is 5.91 Å². The van der Waals surface area contributed by atoms with E-state index in [-0.39, 0.29) is 5.91 Å². The zero-order valence-electron chi connectivity index (χ0n) is 15.4. The molecule has 0 unspecified atom stereocenters. The van der Waals surface area contributed by atoms with Gasteiger partial charge in [-0.3, -0.25) is 4.79 Å². The third-order valence-corrected chi connectivity index (χ3v) is 5.10. The van der Waals surface area contributed by atoms with E-state index in [1.165, 1.54) is 22.1 Å². The van der Waals surface area contributed by atoms with Crippen LogP contribution in [0, 0.1) is 0 Å². The van der Waals surface area contributed by atoms with E-state index >= 15 is 0 Å². The smallest absolute Gasteiger partial charge is 0.252 e. The van der Waals surface area contributed by atoms with Gasteiger partial charge in [0.2, 0.25) is 0 Å². The van der Waals surface area contributed by atoms with E-state index < -0.39 is 0 Å². The predicted molar refractivity (Wildman–Crippen MR) is 106 cm³/mol. The van der Waals surface area contributed by atoms with E-state index in [0.717, 1.165) is 35.9 Å². The van der Waals surface area contributed by atoms with Gasteiger partial charge >= 0.3 is 0 Å². The van der Waals surface area contributed by atoms with Crippen molar-refractivity contribution < 1.29 is 4.79 Å². The Bertz CT molecular complexity index is 948. The van der Waals surface area contributed by atoms with Crippen molar-refractivity contribution in [2.75, 3.05) is 14.1 Å². The van der Waals surface area contributed by atoms with Crippen LogP contribution in [0.3, 0.4) is 0 Å². The van der Waals surface area contributed by atoms with Crippen molar-refractivity contribution in [1.29, 1.82) is 0 Å². The zero-order chi connectivity index (χ0) is 18.1. The lowest BCUT2D eigenvalue weighted by molar-refractivity contribution is 0.0952. The molecule has 1 N–H and O–H groups in total. The maximum absolute atomic E-state index is 12.8. The molecule has 26 heavy (non-hydrogen) atoms. The van der Waals surface area contributed by atoms with Gasteiger partial charge in [-0.2, -0.15) is 0 Å². The standard InChI is InChI=1S/C23H24N2O/c1-25(2)15-17-8-6-16(7-9-17)14-24-23(26)21-13-12-19-11-10-18-4-3-5-20(21)22(18)19/h3-9,12-13H,10-11,14-15H2,1-2H3,(H,24,26). The number of hydrogen-bond acceptors (Lipinski definition) is 2. The van der Waals surface area contributed by atoms with Gasteiger partial charge in [-0.25, -0.2) is 0 Å². The van der Waals surface area contributed by atoms with E-state index in [9.17, 15) is 4.79 Å². The summed E-state index contributed by atoms with van der Waals surface area (Å²) in [5.74, 6) is -0.00188. The van der Waals surface area contributed by atoms with Crippen molar-refractivity contribution >= 4 is 16.7 Å². The van der Waals surface area contributed by atoms with E-state index in [1.54, 1.807) is 0 Å². The number of carbonyl (C=O) groups is 1. The normalized spacial score (nSPS) is 12.7. The van der Waals surface area contributed by atoms with Crippen LogP contribution in [-0.4, -0.2) is 24.9 Å². The maximum atomic E-state index is 12.8. The Morgan fingerprint density at radius 1 is 0.923 bits per heavy atom. The van der Waals surface area contributed by atoms with Crippen molar-refractivity contribution in [3.63, 3.8) is 0 Å². The first-order chi connectivity index (χ1) is 12.6. The van der Waals surface area contributed by atoms with Gasteiger partial charge in [0, 0.05) is 18.7 Å². The second kappa shape index (κ2) is 6.93. The molecule has 0 saturated carbocycles. The fourth-order valence-electron chi connectivity index (χ4n) is 3.85. The first kappa shape index (κ1) is 16.8. The van der Waals surface area contributed by atoms with Gasteiger partial charge in [-0.1, -0.05) is 48.5 Å². The molecule has 3 aromatic rings. The molecule has 0 aliphatic heterocycles. The molecule has 3 nitrogen and oxygen atoms in total.